The molecule has 0 spiro atoms. The van der Waals surface area contributed by atoms with Gasteiger partial charge in [-0.05, 0) is 18.2 Å². The molecule has 2 N–H and O–H groups in total. The molecule has 0 aliphatic carbocycles. The molecule has 0 fully saturated rings. The highest BCUT2D eigenvalue weighted by Crippen LogP contribution is 2.24. The van der Waals surface area contributed by atoms with Gasteiger partial charge < -0.3 is 15.0 Å². The molecule has 0 unspecified atom stereocenters. The van der Waals surface area contributed by atoms with Crippen molar-refractivity contribution in [3.63, 3.8) is 0 Å². The van der Waals surface area contributed by atoms with Gasteiger partial charge in [0, 0.05) is 18.1 Å². The minimum absolute atomic E-state index is 0.354. The van der Waals surface area contributed by atoms with Gasteiger partial charge in [0.1, 0.15) is 5.69 Å². The lowest BCUT2D eigenvalue weighted by Crippen LogP contribution is -2.06. The third-order valence-electron chi connectivity index (χ3n) is 2.52. The molecule has 0 aliphatic heterocycles. The molecule has 0 aliphatic rings. The van der Waals surface area contributed by atoms with Crippen LogP contribution in [0.4, 0.5) is 5.69 Å². The van der Waals surface area contributed by atoms with Crippen molar-refractivity contribution >= 4 is 22.6 Å². The van der Waals surface area contributed by atoms with E-state index in [1.807, 2.05) is 25.2 Å². The van der Waals surface area contributed by atoms with E-state index in [-0.39, 0.29) is 5.97 Å². The van der Waals surface area contributed by atoms with Crippen molar-refractivity contribution in [1.29, 1.82) is 0 Å². The number of carbonyl (C=O) groups excluding carboxylic acids is 1. The topological polar surface area (TPSA) is 57.2 Å². The number of esters is 1. The predicted octanol–water partition coefficient (Wildman–Crippen LogP) is 1.55. The van der Waals surface area contributed by atoms with Gasteiger partial charge in [0.05, 0.1) is 12.6 Å². The summed E-state index contributed by atoms with van der Waals surface area (Å²) in [4.78, 5) is 11.4. The van der Waals surface area contributed by atoms with Crippen LogP contribution >= 0.6 is 0 Å². The summed E-state index contributed by atoms with van der Waals surface area (Å²) in [5.74, 6) is -0.354. The number of ether oxygens (including phenoxy) is 1. The van der Waals surface area contributed by atoms with Crippen molar-refractivity contribution in [3.8, 4) is 0 Å². The first-order chi connectivity index (χ1) is 7.15. The summed E-state index contributed by atoms with van der Waals surface area (Å²) in [6.07, 6.45) is 0. The Balaban J connectivity index is 2.75. The van der Waals surface area contributed by atoms with E-state index >= 15 is 0 Å². The molecule has 0 radical (unpaired) electrons. The molecular weight excluding hydrogens is 192 g/mol. The summed E-state index contributed by atoms with van der Waals surface area (Å²) in [5, 5.41) is 0.875. The Morgan fingerprint density at radius 2 is 2.20 bits per heavy atom. The molecule has 0 saturated heterocycles. The highest BCUT2D eigenvalue weighted by molar-refractivity contribution is 5.99. The zero-order valence-electron chi connectivity index (χ0n) is 8.65. The first kappa shape index (κ1) is 9.58. The molecule has 4 heteroatoms. The fourth-order valence-corrected chi connectivity index (χ4v) is 1.68. The van der Waals surface area contributed by atoms with Gasteiger partial charge in [-0.3, -0.25) is 0 Å². The molecule has 0 atom stereocenters. The number of hydrogen-bond acceptors (Lipinski definition) is 3. The fraction of sp³-hybridized carbons (Fsp3) is 0.182. The van der Waals surface area contributed by atoms with Gasteiger partial charge in [-0.1, -0.05) is 6.07 Å². The Hall–Kier alpha value is -1.97. The lowest BCUT2D eigenvalue weighted by atomic mass is 10.2. The Kier molecular flexibility index (Phi) is 2.11. The average molecular weight is 204 g/mol. The fourth-order valence-electron chi connectivity index (χ4n) is 1.68. The van der Waals surface area contributed by atoms with Crippen molar-refractivity contribution in [2.45, 2.75) is 0 Å². The van der Waals surface area contributed by atoms with E-state index < -0.39 is 0 Å². The van der Waals surface area contributed by atoms with Crippen molar-refractivity contribution in [2.24, 2.45) is 7.05 Å². The number of fused-ring (bicyclic) bond motifs is 1. The molecule has 15 heavy (non-hydrogen) atoms. The molecule has 1 aromatic carbocycles. The maximum atomic E-state index is 11.4. The Bertz CT molecular complexity index is 529. The van der Waals surface area contributed by atoms with Crippen LogP contribution in [-0.4, -0.2) is 17.6 Å². The van der Waals surface area contributed by atoms with E-state index in [1.165, 1.54) is 7.11 Å². The van der Waals surface area contributed by atoms with Crippen LogP contribution in [0, 0.1) is 0 Å². The molecule has 1 aromatic heterocycles. The predicted molar refractivity (Wildman–Crippen MR) is 58.7 cm³/mol. The van der Waals surface area contributed by atoms with Crippen molar-refractivity contribution in [2.75, 3.05) is 12.8 Å². The highest BCUT2D eigenvalue weighted by atomic mass is 16.5. The van der Waals surface area contributed by atoms with Crippen LogP contribution in [0.1, 0.15) is 10.5 Å². The van der Waals surface area contributed by atoms with Crippen LogP contribution in [0.25, 0.3) is 10.9 Å². The summed E-state index contributed by atoms with van der Waals surface area (Å²) in [5.41, 5.74) is 7.91. The number of nitrogens with two attached hydrogens (primary N) is 1. The van der Waals surface area contributed by atoms with Crippen LogP contribution in [0.3, 0.4) is 0 Å². The van der Waals surface area contributed by atoms with Gasteiger partial charge in [-0.15, -0.1) is 0 Å². The standard InChI is InChI=1S/C11H12N2O2/c1-13-9-5-3-4-8(12)7(9)6-10(13)11(14)15-2/h3-6H,12H2,1-2H3. The molecular formula is C11H12N2O2. The van der Waals surface area contributed by atoms with Gasteiger partial charge >= 0.3 is 5.97 Å². The molecule has 2 aromatic rings. The number of aromatic nitrogens is 1. The monoisotopic (exact) mass is 204 g/mol. The number of anilines is 1. The lowest BCUT2D eigenvalue weighted by Gasteiger charge is -2.01. The van der Waals surface area contributed by atoms with Crippen LogP contribution < -0.4 is 5.73 Å². The number of aryl methyl sites for hydroxylation is 1. The van der Waals surface area contributed by atoms with E-state index in [1.54, 1.807) is 10.6 Å². The molecule has 0 saturated carbocycles. The Morgan fingerprint density at radius 3 is 2.80 bits per heavy atom. The van der Waals surface area contributed by atoms with Crippen molar-refractivity contribution in [1.82, 2.24) is 4.57 Å². The number of nitrogens with zero attached hydrogens (tertiary/aromatic N) is 1. The summed E-state index contributed by atoms with van der Waals surface area (Å²) >= 11 is 0. The number of nitrogen functional groups attached to an aromatic ring is 1. The number of carbonyl (C=O) groups is 1. The van der Waals surface area contributed by atoms with Crippen molar-refractivity contribution in [3.05, 3.63) is 30.0 Å². The number of rotatable bonds is 1. The number of hydrogen-bond donors (Lipinski definition) is 1. The molecule has 2 rings (SSSR count). The Morgan fingerprint density at radius 1 is 1.47 bits per heavy atom. The minimum Gasteiger partial charge on any atom is -0.464 e. The number of methoxy groups -OCH3 is 1. The van der Waals surface area contributed by atoms with E-state index in [4.69, 9.17) is 5.73 Å². The molecule has 78 valence electrons. The second-order valence-electron chi connectivity index (χ2n) is 3.36. The van der Waals surface area contributed by atoms with Gasteiger partial charge in [0.2, 0.25) is 0 Å². The van der Waals surface area contributed by atoms with Gasteiger partial charge in [0.15, 0.2) is 0 Å². The second kappa shape index (κ2) is 3.31. The molecule has 0 bridgehead atoms. The maximum absolute atomic E-state index is 11.4. The highest BCUT2D eigenvalue weighted by Gasteiger charge is 2.14. The van der Waals surface area contributed by atoms with Crippen LogP contribution in [-0.2, 0) is 11.8 Å². The number of benzene rings is 1. The minimum atomic E-state index is -0.354. The normalized spacial score (nSPS) is 10.5. The first-order valence-corrected chi connectivity index (χ1v) is 4.57. The summed E-state index contributed by atoms with van der Waals surface area (Å²) in [6, 6.07) is 7.33. The Labute approximate surface area is 87.2 Å². The maximum Gasteiger partial charge on any atom is 0.354 e. The summed E-state index contributed by atoms with van der Waals surface area (Å²) < 4.78 is 6.46. The van der Waals surface area contributed by atoms with Crippen molar-refractivity contribution < 1.29 is 9.53 Å². The van der Waals surface area contributed by atoms with E-state index in [0.29, 0.717) is 11.4 Å². The molecule has 1 heterocycles. The quantitative estimate of drug-likeness (QED) is 0.566. The van der Waals surface area contributed by atoms with E-state index in [2.05, 4.69) is 4.74 Å². The van der Waals surface area contributed by atoms with Crippen LogP contribution in [0.5, 0.6) is 0 Å². The zero-order chi connectivity index (χ0) is 11.0. The van der Waals surface area contributed by atoms with Gasteiger partial charge in [-0.2, -0.15) is 0 Å². The smallest absolute Gasteiger partial charge is 0.354 e. The van der Waals surface area contributed by atoms with Gasteiger partial charge in [-0.25, -0.2) is 4.79 Å². The average Bonchev–Trinajstić information content (AvgIpc) is 2.57. The van der Waals surface area contributed by atoms with E-state index in [0.717, 1.165) is 10.9 Å². The molecule has 4 nitrogen and oxygen atoms in total. The zero-order valence-corrected chi connectivity index (χ0v) is 8.65. The lowest BCUT2D eigenvalue weighted by molar-refractivity contribution is 0.0590. The summed E-state index contributed by atoms with van der Waals surface area (Å²) in [7, 11) is 3.18. The van der Waals surface area contributed by atoms with Crippen LogP contribution in [0.2, 0.25) is 0 Å². The third kappa shape index (κ3) is 1.34. The van der Waals surface area contributed by atoms with E-state index in [9.17, 15) is 4.79 Å². The first-order valence-electron chi connectivity index (χ1n) is 4.57. The van der Waals surface area contributed by atoms with Crippen LogP contribution in [0.15, 0.2) is 24.3 Å². The SMILES string of the molecule is COC(=O)c1cc2c(N)cccc2n1C. The third-order valence-corrected chi connectivity index (χ3v) is 2.52. The second-order valence-corrected chi connectivity index (χ2v) is 3.36. The molecule has 0 amide bonds. The van der Waals surface area contributed by atoms with Gasteiger partial charge in [0.25, 0.3) is 0 Å². The largest absolute Gasteiger partial charge is 0.464 e. The summed E-state index contributed by atoms with van der Waals surface area (Å²) in [6.45, 7) is 0.